The number of hydrogen-bond donors (Lipinski definition) is 3. The normalized spacial score (nSPS) is 37.6. The molecule has 2 aliphatic carbocycles. The van der Waals surface area contributed by atoms with E-state index in [1.165, 1.54) is 6.42 Å². The van der Waals surface area contributed by atoms with Crippen molar-refractivity contribution in [2.75, 3.05) is 0 Å². The van der Waals surface area contributed by atoms with E-state index in [9.17, 15) is 4.89 Å². The molecular formula is C7H14O5P2S2. The van der Waals surface area contributed by atoms with Crippen LogP contribution in [0.25, 0.3) is 0 Å². The Balaban J connectivity index is 1.94. The molecule has 4 atom stereocenters. The summed E-state index contributed by atoms with van der Waals surface area (Å²) in [5.41, 5.74) is 0. The van der Waals surface area contributed by atoms with Gasteiger partial charge in [-0.1, -0.05) is 0 Å². The van der Waals surface area contributed by atoms with Crippen molar-refractivity contribution in [1.82, 2.24) is 0 Å². The van der Waals surface area contributed by atoms with Crippen molar-refractivity contribution in [2.24, 2.45) is 11.8 Å². The van der Waals surface area contributed by atoms with Crippen molar-refractivity contribution in [3.05, 3.63) is 0 Å². The van der Waals surface area contributed by atoms with E-state index < -0.39 is 13.4 Å². The molecule has 94 valence electrons. The number of hydrogen-bond acceptors (Lipinski definition) is 4. The Morgan fingerprint density at radius 2 is 1.75 bits per heavy atom. The monoisotopic (exact) mass is 304 g/mol. The highest BCUT2D eigenvalue weighted by Crippen LogP contribution is 2.61. The minimum absolute atomic E-state index is 0.115. The standard InChI is InChI=1S/C7H14O5P2S2/c8-13(9,15)12-14(10,16)11-7-4-5-1-2-6(7)3-5/h5-7H,1-4H2,(H,10,16)(H2,8,9,15). The zero-order chi connectivity index (χ0) is 12.0. The molecule has 16 heavy (non-hydrogen) atoms. The molecule has 2 rings (SSSR count). The molecule has 0 amide bonds. The predicted octanol–water partition coefficient (Wildman–Crippen LogP) is 1.63. The number of rotatable bonds is 4. The van der Waals surface area contributed by atoms with Crippen LogP contribution in [0.15, 0.2) is 0 Å². The molecule has 0 spiro atoms. The summed E-state index contributed by atoms with van der Waals surface area (Å²) in [5, 5.41) is 0. The van der Waals surface area contributed by atoms with Crippen LogP contribution >= 0.6 is 13.4 Å². The van der Waals surface area contributed by atoms with Crippen LogP contribution in [0, 0.1) is 11.8 Å². The fraction of sp³-hybridized carbons (Fsp3) is 1.00. The Hall–Kier alpha value is 1.10. The van der Waals surface area contributed by atoms with E-state index in [0.717, 1.165) is 19.3 Å². The van der Waals surface area contributed by atoms with Gasteiger partial charge in [-0.15, -0.1) is 0 Å². The Bertz CT molecular complexity index is 370. The lowest BCUT2D eigenvalue weighted by atomic mass is 9.98. The van der Waals surface area contributed by atoms with Gasteiger partial charge in [-0.3, -0.25) is 0 Å². The van der Waals surface area contributed by atoms with E-state index >= 15 is 0 Å². The molecule has 9 heteroatoms. The van der Waals surface area contributed by atoms with Gasteiger partial charge in [0.25, 0.3) is 0 Å². The lowest BCUT2D eigenvalue weighted by molar-refractivity contribution is 0.117. The second-order valence-corrected chi connectivity index (χ2v) is 9.95. The molecular weight excluding hydrogens is 290 g/mol. The van der Waals surface area contributed by atoms with Crippen molar-refractivity contribution >= 4 is 37.1 Å². The quantitative estimate of drug-likeness (QED) is 0.681. The first-order chi connectivity index (χ1) is 7.25. The highest BCUT2D eigenvalue weighted by Gasteiger charge is 2.43. The molecule has 0 aromatic heterocycles. The van der Waals surface area contributed by atoms with Gasteiger partial charge in [0.15, 0.2) is 0 Å². The third-order valence-corrected chi connectivity index (χ3v) is 6.82. The molecule has 0 radical (unpaired) electrons. The van der Waals surface area contributed by atoms with Crippen molar-refractivity contribution in [1.29, 1.82) is 0 Å². The highest BCUT2D eigenvalue weighted by atomic mass is 32.5. The first-order valence-corrected chi connectivity index (χ1v) is 10.2. The Morgan fingerprint density at radius 3 is 2.19 bits per heavy atom. The predicted molar refractivity (Wildman–Crippen MR) is 66.6 cm³/mol. The Labute approximate surface area is 104 Å². The molecule has 3 N–H and O–H groups in total. The average molecular weight is 304 g/mol. The summed E-state index contributed by atoms with van der Waals surface area (Å²) >= 11 is 8.97. The average Bonchev–Trinajstić information content (AvgIpc) is 2.57. The molecule has 0 aromatic carbocycles. The molecule has 2 fully saturated rings. The fourth-order valence-corrected chi connectivity index (χ4v) is 6.83. The van der Waals surface area contributed by atoms with Gasteiger partial charge in [0.2, 0.25) is 0 Å². The van der Waals surface area contributed by atoms with Crippen molar-refractivity contribution < 1.29 is 23.5 Å². The molecule has 4 unspecified atom stereocenters. The highest BCUT2D eigenvalue weighted by molar-refractivity contribution is 8.14. The molecule has 0 saturated heterocycles. The molecule has 0 heterocycles. The minimum atomic E-state index is -3.96. The summed E-state index contributed by atoms with van der Waals surface area (Å²) in [5.74, 6) is 1.06. The maximum absolute atomic E-state index is 9.66. The van der Waals surface area contributed by atoms with E-state index in [0.29, 0.717) is 11.8 Å². The minimum Gasteiger partial charge on any atom is -0.324 e. The van der Waals surface area contributed by atoms with Gasteiger partial charge in [0.1, 0.15) is 0 Å². The lowest BCUT2D eigenvalue weighted by Gasteiger charge is -2.26. The summed E-state index contributed by atoms with van der Waals surface area (Å²) < 4.78 is 9.80. The van der Waals surface area contributed by atoms with Gasteiger partial charge in [-0.2, -0.15) is 0 Å². The maximum atomic E-state index is 9.66. The number of fused-ring (bicyclic) bond motifs is 2. The van der Waals surface area contributed by atoms with E-state index in [4.69, 9.17) is 26.1 Å². The van der Waals surface area contributed by atoms with Crippen LogP contribution in [-0.4, -0.2) is 20.8 Å². The van der Waals surface area contributed by atoms with Gasteiger partial charge in [0.05, 0.1) is 6.10 Å². The van der Waals surface area contributed by atoms with Gasteiger partial charge < -0.3 is 19.2 Å². The van der Waals surface area contributed by atoms with Gasteiger partial charge in [-0.05, 0) is 61.1 Å². The summed E-state index contributed by atoms with van der Waals surface area (Å²) in [6.45, 7) is -7.57. The molecule has 0 aliphatic heterocycles. The Kier molecular flexibility index (Phi) is 3.93. The third-order valence-electron chi connectivity index (χ3n) is 3.15. The first-order valence-electron chi connectivity index (χ1n) is 5.03. The smallest absolute Gasteiger partial charge is 0.324 e. The van der Waals surface area contributed by atoms with Crippen LogP contribution in [0.3, 0.4) is 0 Å². The molecule has 0 aromatic rings. The van der Waals surface area contributed by atoms with Crippen LogP contribution in [0.2, 0.25) is 0 Å². The van der Waals surface area contributed by atoms with E-state index in [2.05, 4.69) is 16.1 Å². The van der Waals surface area contributed by atoms with Crippen molar-refractivity contribution in [3.63, 3.8) is 0 Å². The van der Waals surface area contributed by atoms with E-state index in [-0.39, 0.29) is 6.10 Å². The van der Waals surface area contributed by atoms with E-state index in [1.54, 1.807) is 0 Å². The molecule has 5 nitrogen and oxygen atoms in total. The molecule has 2 saturated carbocycles. The van der Waals surface area contributed by atoms with Crippen LogP contribution in [0.4, 0.5) is 0 Å². The molecule has 2 aliphatic rings. The summed E-state index contributed by atoms with van der Waals surface area (Å²) in [6, 6.07) is 0. The molecule has 2 bridgehead atoms. The fourth-order valence-electron chi connectivity index (χ4n) is 2.64. The lowest BCUT2D eigenvalue weighted by Crippen LogP contribution is -2.19. The summed E-state index contributed by atoms with van der Waals surface area (Å²) in [6.07, 6.45) is 4.14. The van der Waals surface area contributed by atoms with Crippen molar-refractivity contribution in [3.8, 4) is 0 Å². The summed E-state index contributed by atoms with van der Waals surface area (Å²) in [4.78, 5) is 27.5. The Morgan fingerprint density at radius 1 is 1.06 bits per heavy atom. The van der Waals surface area contributed by atoms with Gasteiger partial charge in [0, 0.05) is 0 Å². The zero-order valence-electron chi connectivity index (χ0n) is 8.43. The van der Waals surface area contributed by atoms with E-state index in [1.807, 2.05) is 0 Å². The van der Waals surface area contributed by atoms with Gasteiger partial charge >= 0.3 is 13.4 Å². The van der Waals surface area contributed by atoms with Crippen molar-refractivity contribution in [2.45, 2.75) is 31.8 Å². The topological polar surface area (TPSA) is 79.2 Å². The second kappa shape index (κ2) is 4.65. The maximum Gasteiger partial charge on any atom is 0.332 e. The van der Waals surface area contributed by atoms with Crippen LogP contribution in [0.5, 0.6) is 0 Å². The van der Waals surface area contributed by atoms with Crippen LogP contribution < -0.4 is 0 Å². The second-order valence-electron chi connectivity index (χ2n) is 4.36. The van der Waals surface area contributed by atoms with Crippen LogP contribution in [-0.2, 0) is 32.4 Å². The van der Waals surface area contributed by atoms with Gasteiger partial charge in [-0.25, -0.2) is 4.31 Å². The SMILES string of the molecule is OP(O)(=S)OP(O)(=S)OC1CC2CCC1C2. The zero-order valence-corrected chi connectivity index (χ0v) is 11.9. The first kappa shape index (κ1) is 13.5. The van der Waals surface area contributed by atoms with Crippen LogP contribution in [0.1, 0.15) is 25.7 Å². The third kappa shape index (κ3) is 3.55. The summed E-state index contributed by atoms with van der Waals surface area (Å²) in [7, 11) is 0. The largest absolute Gasteiger partial charge is 0.332 e.